The zero-order valence-electron chi connectivity index (χ0n) is 18.5. The number of hydrogen-bond donors (Lipinski definition) is 3. The summed E-state index contributed by atoms with van der Waals surface area (Å²) in [5.74, 6) is 0.305. The van der Waals surface area contributed by atoms with E-state index in [2.05, 4.69) is 20.9 Å². The van der Waals surface area contributed by atoms with Crippen molar-refractivity contribution in [2.45, 2.75) is 32.1 Å². The fraction of sp³-hybridized carbons (Fsp3) is 0.417. The molecule has 3 aromatic rings. The van der Waals surface area contributed by atoms with Gasteiger partial charge in [-0.3, -0.25) is 4.90 Å². The summed E-state index contributed by atoms with van der Waals surface area (Å²) >= 11 is 0. The molecule has 1 aliphatic heterocycles. The lowest BCUT2D eigenvalue weighted by molar-refractivity contribution is 0.110. The first-order chi connectivity index (χ1) is 16.1. The Hall–Kier alpha value is -3.46. The molecule has 3 aromatic heterocycles. The molecule has 2 aliphatic rings. The molecular weight excluding hydrogens is 422 g/mol. The smallest absolute Gasteiger partial charge is 0.416 e. The molecule has 1 aliphatic carbocycles. The Kier molecular flexibility index (Phi) is 5.95. The van der Waals surface area contributed by atoms with Gasteiger partial charge in [0.05, 0.1) is 11.9 Å². The molecule has 5 rings (SSSR count). The van der Waals surface area contributed by atoms with Crippen LogP contribution in [0.15, 0.2) is 36.7 Å². The zero-order valence-corrected chi connectivity index (χ0v) is 18.5. The summed E-state index contributed by atoms with van der Waals surface area (Å²) in [6, 6.07) is 7.34. The SMILES string of the molecule is O=C(Oc1ccc(-n2c(O)c3c(c2O)CCCC3)cn1)N1CCN(CCc2ccc[nH]2)CC1. The Morgan fingerprint density at radius 3 is 2.36 bits per heavy atom. The molecular formula is C24H29N5O4. The number of fused-ring (bicyclic) bond motifs is 1. The molecule has 0 bridgehead atoms. The summed E-state index contributed by atoms with van der Waals surface area (Å²) in [6.45, 7) is 3.78. The fourth-order valence-electron chi connectivity index (χ4n) is 4.69. The number of ether oxygens (including phenoxy) is 1. The lowest BCUT2D eigenvalue weighted by Gasteiger charge is -2.33. The summed E-state index contributed by atoms with van der Waals surface area (Å²) in [7, 11) is 0. The highest BCUT2D eigenvalue weighted by molar-refractivity contribution is 5.70. The molecule has 9 nitrogen and oxygen atoms in total. The maximum atomic E-state index is 12.6. The van der Waals surface area contributed by atoms with Gasteiger partial charge in [0.1, 0.15) is 0 Å². The van der Waals surface area contributed by atoms with E-state index in [1.54, 1.807) is 17.0 Å². The highest BCUT2D eigenvalue weighted by Crippen LogP contribution is 2.40. The van der Waals surface area contributed by atoms with Gasteiger partial charge in [0, 0.05) is 68.2 Å². The molecule has 0 atom stereocenters. The number of piperazine rings is 1. The van der Waals surface area contributed by atoms with E-state index in [-0.39, 0.29) is 17.6 Å². The Bertz CT molecular complexity index is 1070. The van der Waals surface area contributed by atoms with Gasteiger partial charge in [-0.1, -0.05) is 0 Å². The Morgan fingerprint density at radius 1 is 1.03 bits per heavy atom. The van der Waals surface area contributed by atoms with Crippen LogP contribution in [0.2, 0.25) is 0 Å². The van der Waals surface area contributed by atoms with Crippen LogP contribution in [0.1, 0.15) is 29.7 Å². The third-order valence-corrected chi connectivity index (χ3v) is 6.59. The van der Waals surface area contributed by atoms with Gasteiger partial charge in [-0.15, -0.1) is 0 Å². The number of aromatic amines is 1. The molecule has 9 heteroatoms. The van der Waals surface area contributed by atoms with Crippen LogP contribution >= 0.6 is 0 Å². The standard InChI is InChI=1S/C24H29N5O4/c30-22-19-5-1-2-6-20(19)23(31)29(22)18-7-8-21(26-16-18)33-24(32)28-14-12-27(13-15-28)11-9-17-4-3-10-25-17/h3-4,7-8,10,16,25,30-31H,1-2,5-6,9,11-15H2. The predicted molar refractivity (Wildman–Crippen MR) is 122 cm³/mol. The van der Waals surface area contributed by atoms with E-state index in [1.165, 1.54) is 16.5 Å². The van der Waals surface area contributed by atoms with E-state index >= 15 is 0 Å². The first kappa shape index (κ1) is 21.4. The van der Waals surface area contributed by atoms with Gasteiger partial charge < -0.3 is 24.8 Å². The van der Waals surface area contributed by atoms with Gasteiger partial charge in [0.2, 0.25) is 17.6 Å². The zero-order chi connectivity index (χ0) is 22.8. The summed E-state index contributed by atoms with van der Waals surface area (Å²) in [6.07, 6.45) is 7.47. The fourth-order valence-corrected chi connectivity index (χ4v) is 4.69. The second-order valence-corrected chi connectivity index (χ2v) is 8.64. The van der Waals surface area contributed by atoms with Crippen LogP contribution in [0.25, 0.3) is 5.69 Å². The van der Waals surface area contributed by atoms with Gasteiger partial charge in [-0.2, -0.15) is 0 Å². The first-order valence-electron chi connectivity index (χ1n) is 11.5. The number of H-pyrrole nitrogens is 1. The highest BCUT2D eigenvalue weighted by Gasteiger charge is 2.26. The van der Waals surface area contributed by atoms with Crippen LogP contribution in [0.3, 0.4) is 0 Å². The van der Waals surface area contributed by atoms with E-state index in [1.807, 2.05) is 12.3 Å². The molecule has 174 valence electrons. The minimum absolute atomic E-state index is 0.0582. The molecule has 1 amide bonds. The maximum Gasteiger partial charge on any atom is 0.416 e. The molecule has 1 fully saturated rings. The third-order valence-electron chi connectivity index (χ3n) is 6.59. The van der Waals surface area contributed by atoms with Crippen LogP contribution in [-0.4, -0.2) is 73.4 Å². The Labute approximate surface area is 192 Å². The highest BCUT2D eigenvalue weighted by atomic mass is 16.6. The van der Waals surface area contributed by atoms with Crippen LogP contribution in [0.5, 0.6) is 17.6 Å². The van der Waals surface area contributed by atoms with Crippen LogP contribution < -0.4 is 4.74 Å². The second-order valence-electron chi connectivity index (χ2n) is 8.64. The monoisotopic (exact) mass is 451 g/mol. The van der Waals surface area contributed by atoms with Crippen LogP contribution in [-0.2, 0) is 19.3 Å². The number of carbonyl (C=O) groups excluding carboxylic acids is 1. The van der Waals surface area contributed by atoms with E-state index in [4.69, 9.17) is 4.74 Å². The minimum Gasteiger partial charge on any atom is -0.494 e. The molecule has 4 heterocycles. The molecule has 0 saturated carbocycles. The number of nitrogens with zero attached hydrogens (tertiary/aromatic N) is 4. The van der Waals surface area contributed by atoms with Crippen molar-refractivity contribution < 1.29 is 19.7 Å². The van der Waals surface area contributed by atoms with Crippen molar-refractivity contribution in [3.63, 3.8) is 0 Å². The lowest BCUT2D eigenvalue weighted by atomic mass is 9.95. The van der Waals surface area contributed by atoms with E-state index in [9.17, 15) is 15.0 Å². The molecule has 0 spiro atoms. The number of pyridine rings is 1. The number of aromatic hydroxyl groups is 2. The molecule has 0 unspecified atom stereocenters. The van der Waals surface area contributed by atoms with Gasteiger partial charge in [-0.25, -0.2) is 14.3 Å². The number of rotatable bonds is 5. The van der Waals surface area contributed by atoms with Gasteiger partial charge in [-0.05, 0) is 43.9 Å². The van der Waals surface area contributed by atoms with Crippen LogP contribution in [0, 0.1) is 0 Å². The van der Waals surface area contributed by atoms with Crippen molar-refractivity contribution in [3.05, 3.63) is 53.5 Å². The lowest BCUT2D eigenvalue weighted by Crippen LogP contribution is -2.50. The van der Waals surface area contributed by atoms with Gasteiger partial charge in [0.25, 0.3) is 0 Å². The van der Waals surface area contributed by atoms with E-state index < -0.39 is 6.09 Å². The topological polar surface area (TPSA) is 107 Å². The van der Waals surface area contributed by atoms with Crippen molar-refractivity contribution in [1.29, 1.82) is 0 Å². The van der Waals surface area contributed by atoms with Crippen molar-refractivity contribution in [2.75, 3.05) is 32.7 Å². The minimum atomic E-state index is -0.415. The summed E-state index contributed by atoms with van der Waals surface area (Å²) < 4.78 is 6.86. The third kappa shape index (κ3) is 4.41. The van der Waals surface area contributed by atoms with Crippen molar-refractivity contribution in [3.8, 4) is 23.3 Å². The molecule has 0 radical (unpaired) electrons. The molecule has 1 saturated heterocycles. The number of aromatic nitrogens is 3. The Balaban J connectivity index is 1.17. The summed E-state index contributed by atoms with van der Waals surface area (Å²) in [4.78, 5) is 24.0. The molecule has 0 aromatic carbocycles. The maximum absolute atomic E-state index is 12.6. The van der Waals surface area contributed by atoms with Crippen LogP contribution in [0.4, 0.5) is 4.79 Å². The molecule has 33 heavy (non-hydrogen) atoms. The van der Waals surface area contributed by atoms with Gasteiger partial charge in [0.15, 0.2) is 0 Å². The number of nitrogens with one attached hydrogen (secondary N) is 1. The normalized spacial score (nSPS) is 16.5. The Morgan fingerprint density at radius 2 is 1.76 bits per heavy atom. The average Bonchev–Trinajstić information content (AvgIpc) is 3.46. The number of carbonyl (C=O) groups is 1. The quantitative estimate of drug-likeness (QED) is 0.551. The predicted octanol–water partition coefficient (Wildman–Crippen LogP) is 2.85. The number of amides is 1. The number of hydrogen-bond acceptors (Lipinski definition) is 6. The summed E-state index contributed by atoms with van der Waals surface area (Å²) in [5, 5.41) is 21.2. The molecule has 3 N–H and O–H groups in total. The first-order valence-corrected chi connectivity index (χ1v) is 11.5. The van der Waals surface area contributed by atoms with Crippen molar-refractivity contribution in [2.24, 2.45) is 0 Å². The largest absolute Gasteiger partial charge is 0.494 e. The van der Waals surface area contributed by atoms with Crippen molar-refractivity contribution >= 4 is 6.09 Å². The van der Waals surface area contributed by atoms with Crippen molar-refractivity contribution in [1.82, 2.24) is 24.3 Å². The van der Waals surface area contributed by atoms with Gasteiger partial charge >= 0.3 is 6.09 Å². The average molecular weight is 452 g/mol. The van der Waals surface area contributed by atoms with E-state index in [0.29, 0.717) is 18.8 Å². The summed E-state index contributed by atoms with van der Waals surface area (Å²) in [5.41, 5.74) is 3.35. The van der Waals surface area contributed by atoms with E-state index in [0.717, 1.165) is 62.9 Å². The second kappa shape index (κ2) is 9.19.